The fourth-order valence-corrected chi connectivity index (χ4v) is 3.91. The maximum atomic E-state index is 13.7. The Kier molecular flexibility index (Phi) is 6.37. The highest BCUT2D eigenvalue weighted by atomic mass is 32.2. The zero-order valence-corrected chi connectivity index (χ0v) is 17.9. The van der Waals surface area contributed by atoms with Crippen LogP contribution >= 0.6 is 11.8 Å². The molecule has 4 rings (SSSR count). The largest absolute Gasteiger partial charge is 0.497 e. The van der Waals surface area contributed by atoms with Gasteiger partial charge in [0.2, 0.25) is 5.91 Å². The number of thioether (sulfide) groups is 1. The van der Waals surface area contributed by atoms with Crippen molar-refractivity contribution in [3.05, 3.63) is 84.2 Å². The number of nitrogens with one attached hydrogen (secondary N) is 2. The smallest absolute Gasteiger partial charge is 0.272 e. The summed E-state index contributed by atoms with van der Waals surface area (Å²) in [6.07, 6.45) is 0. The first-order valence-corrected chi connectivity index (χ1v) is 10.6. The molecule has 7 nitrogen and oxygen atoms in total. The second-order valence-electron chi connectivity index (χ2n) is 6.69. The number of halogens is 1. The minimum atomic E-state index is -0.730. The Bertz CT molecular complexity index is 1270. The fourth-order valence-electron chi connectivity index (χ4n) is 3.09. The van der Waals surface area contributed by atoms with Crippen LogP contribution in [0.15, 0.2) is 78.0 Å². The molecule has 3 aromatic carbocycles. The topological polar surface area (TPSA) is 85.2 Å². The Hall–Kier alpha value is -3.85. The van der Waals surface area contributed by atoms with Gasteiger partial charge in [-0.3, -0.25) is 25.0 Å². The van der Waals surface area contributed by atoms with Crippen LogP contribution in [0.4, 0.5) is 4.39 Å². The number of carbonyl (C=O) groups excluding carboxylic acids is 2. The van der Waals surface area contributed by atoms with Crippen molar-refractivity contribution < 1.29 is 18.7 Å². The van der Waals surface area contributed by atoms with Crippen molar-refractivity contribution in [1.82, 2.24) is 20.4 Å². The summed E-state index contributed by atoms with van der Waals surface area (Å²) < 4.78 is 20.9. The highest BCUT2D eigenvalue weighted by Crippen LogP contribution is 2.28. The van der Waals surface area contributed by atoms with Gasteiger partial charge in [0.15, 0.2) is 5.16 Å². The number of carbonyl (C=O) groups is 2. The van der Waals surface area contributed by atoms with E-state index in [9.17, 15) is 14.0 Å². The van der Waals surface area contributed by atoms with Gasteiger partial charge in [-0.1, -0.05) is 36.0 Å². The van der Waals surface area contributed by atoms with Crippen LogP contribution in [-0.2, 0) is 4.79 Å². The molecule has 0 saturated carbocycles. The maximum Gasteiger partial charge on any atom is 0.272 e. The molecular weight excluding hydrogens is 431 g/mol. The van der Waals surface area contributed by atoms with Crippen LogP contribution in [0.5, 0.6) is 5.75 Å². The van der Waals surface area contributed by atoms with Crippen molar-refractivity contribution in [2.24, 2.45) is 0 Å². The lowest BCUT2D eigenvalue weighted by Gasteiger charge is -2.10. The Balaban J connectivity index is 1.47. The molecule has 4 aromatic rings. The van der Waals surface area contributed by atoms with E-state index in [4.69, 9.17) is 4.74 Å². The summed E-state index contributed by atoms with van der Waals surface area (Å²) in [4.78, 5) is 29.0. The van der Waals surface area contributed by atoms with Crippen molar-refractivity contribution in [2.75, 3.05) is 12.9 Å². The molecule has 0 spiro atoms. The van der Waals surface area contributed by atoms with Gasteiger partial charge in [0, 0.05) is 5.69 Å². The molecule has 162 valence electrons. The van der Waals surface area contributed by atoms with E-state index in [-0.39, 0.29) is 11.3 Å². The Morgan fingerprint density at radius 1 is 1.00 bits per heavy atom. The average molecular weight is 450 g/mol. The molecule has 2 amide bonds. The van der Waals surface area contributed by atoms with E-state index in [1.807, 2.05) is 53.1 Å². The quantitative estimate of drug-likeness (QED) is 0.345. The molecule has 9 heteroatoms. The first kappa shape index (κ1) is 21.4. The van der Waals surface area contributed by atoms with Crippen molar-refractivity contribution >= 4 is 34.6 Å². The fraction of sp³-hybridized carbons (Fsp3) is 0.0870. The third kappa shape index (κ3) is 4.57. The van der Waals surface area contributed by atoms with Gasteiger partial charge in [0.25, 0.3) is 5.91 Å². The summed E-state index contributed by atoms with van der Waals surface area (Å²) in [7, 11) is 1.60. The number of amides is 2. The SMILES string of the molecule is COc1ccc(-n2c(SCC(=O)NNC(=O)c3ccccc3F)nc3ccccc32)cc1. The molecule has 0 atom stereocenters. The van der Waals surface area contributed by atoms with E-state index in [0.29, 0.717) is 5.16 Å². The summed E-state index contributed by atoms with van der Waals surface area (Å²) in [5, 5.41) is 0.618. The number of ether oxygens (including phenoxy) is 1. The van der Waals surface area contributed by atoms with E-state index >= 15 is 0 Å². The molecule has 1 heterocycles. The van der Waals surface area contributed by atoms with E-state index in [2.05, 4.69) is 15.8 Å². The van der Waals surface area contributed by atoms with E-state index in [0.717, 1.165) is 22.5 Å². The molecule has 0 unspecified atom stereocenters. The monoisotopic (exact) mass is 450 g/mol. The number of hydrogen-bond acceptors (Lipinski definition) is 5. The number of methoxy groups -OCH3 is 1. The second-order valence-corrected chi connectivity index (χ2v) is 7.63. The van der Waals surface area contributed by atoms with Crippen molar-refractivity contribution in [1.29, 1.82) is 0 Å². The molecule has 0 aliphatic heterocycles. The predicted octanol–water partition coefficient (Wildman–Crippen LogP) is 3.73. The van der Waals surface area contributed by atoms with Gasteiger partial charge in [0.05, 0.1) is 29.5 Å². The molecule has 0 radical (unpaired) electrons. The van der Waals surface area contributed by atoms with E-state index < -0.39 is 17.6 Å². The van der Waals surface area contributed by atoms with Crippen molar-refractivity contribution in [3.8, 4) is 11.4 Å². The third-order valence-electron chi connectivity index (χ3n) is 4.63. The summed E-state index contributed by atoms with van der Waals surface area (Å²) >= 11 is 1.22. The van der Waals surface area contributed by atoms with Crippen molar-refractivity contribution in [3.63, 3.8) is 0 Å². The molecule has 1 aromatic heterocycles. The van der Waals surface area contributed by atoms with Crippen LogP contribution < -0.4 is 15.6 Å². The third-order valence-corrected chi connectivity index (χ3v) is 5.57. The maximum absolute atomic E-state index is 13.7. The van der Waals surface area contributed by atoms with Crippen LogP contribution in [0, 0.1) is 5.82 Å². The minimum absolute atomic E-state index is 0.00295. The number of para-hydroxylation sites is 2. The van der Waals surface area contributed by atoms with Gasteiger partial charge in [0.1, 0.15) is 11.6 Å². The van der Waals surface area contributed by atoms with Gasteiger partial charge < -0.3 is 4.74 Å². The van der Waals surface area contributed by atoms with Gasteiger partial charge >= 0.3 is 0 Å². The van der Waals surface area contributed by atoms with Gasteiger partial charge in [-0.15, -0.1) is 0 Å². The number of hydrazine groups is 1. The van der Waals surface area contributed by atoms with E-state index in [1.165, 1.54) is 30.0 Å². The standard InChI is InChI=1S/C23H19FN4O3S/c1-31-16-12-10-15(11-13-16)28-20-9-5-4-8-19(20)25-23(28)32-14-21(29)26-27-22(30)17-6-2-3-7-18(17)24/h2-13H,14H2,1H3,(H,26,29)(H,27,30). The first-order valence-electron chi connectivity index (χ1n) is 9.65. The zero-order chi connectivity index (χ0) is 22.5. The normalized spacial score (nSPS) is 10.7. The molecule has 0 aliphatic carbocycles. The van der Waals surface area contributed by atoms with Crippen LogP contribution in [-0.4, -0.2) is 34.2 Å². The second kappa shape index (κ2) is 9.52. The summed E-state index contributed by atoms with van der Waals surface area (Å²) in [5.74, 6) is -1.11. The number of imidazole rings is 1. The number of rotatable bonds is 6. The molecule has 32 heavy (non-hydrogen) atoms. The Morgan fingerprint density at radius 2 is 1.72 bits per heavy atom. The van der Waals surface area contributed by atoms with Gasteiger partial charge in [-0.25, -0.2) is 9.37 Å². The lowest BCUT2D eigenvalue weighted by molar-refractivity contribution is -0.119. The average Bonchev–Trinajstić information content (AvgIpc) is 3.20. The number of nitrogens with zero attached hydrogens (tertiary/aromatic N) is 2. The minimum Gasteiger partial charge on any atom is -0.497 e. The summed E-state index contributed by atoms with van der Waals surface area (Å²) in [6.45, 7) is 0. The summed E-state index contributed by atoms with van der Waals surface area (Å²) in [5.41, 5.74) is 6.94. The Labute approximate surface area is 187 Å². The lowest BCUT2D eigenvalue weighted by Crippen LogP contribution is -2.42. The van der Waals surface area contributed by atoms with Gasteiger partial charge in [-0.05, 0) is 48.5 Å². The Morgan fingerprint density at radius 3 is 2.47 bits per heavy atom. The van der Waals surface area contributed by atoms with Gasteiger partial charge in [-0.2, -0.15) is 0 Å². The summed E-state index contributed by atoms with van der Waals surface area (Å²) in [6, 6.07) is 20.7. The van der Waals surface area contributed by atoms with Crippen LogP contribution in [0.25, 0.3) is 16.7 Å². The number of hydrogen-bond donors (Lipinski definition) is 2. The van der Waals surface area contributed by atoms with E-state index in [1.54, 1.807) is 13.2 Å². The number of fused-ring (bicyclic) bond motifs is 1. The zero-order valence-electron chi connectivity index (χ0n) is 17.0. The highest BCUT2D eigenvalue weighted by molar-refractivity contribution is 7.99. The van der Waals surface area contributed by atoms with Crippen LogP contribution in [0.1, 0.15) is 10.4 Å². The first-order chi connectivity index (χ1) is 15.6. The van der Waals surface area contributed by atoms with Crippen LogP contribution in [0.3, 0.4) is 0 Å². The molecule has 0 bridgehead atoms. The number of aromatic nitrogens is 2. The van der Waals surface area contributed by atoms with Crippen LogP contribution in [0.2, 0.25) is 0 Å². The van der Waals surface area contributed by atoms with Crippen molar-refractivity contribution in [2.45, 2.75) is 5.16 Å². The predicted molar refractivity (Wildman–Crippen MR) is 120 cm³/mol. The lowest BCUT2D eigenvalue weighted by atomic mass is 10.2. The molecule has 0 aliphatic rings. The molecule has 0 fully saturated rings. The molecule has 2 N–H and O–H groups in total. The number of benzene rings is 3. The highest BCUT2D eigenvalue weighted by Gasteiger charge is 2.16. The molecule has 0 saturated heterocycles. The molecular formula is C23H19FN4O3S.